The third-order valence-corrected chi connectivity index (χ3v) is 3.20. The fraction of sp³-hybridized carbons (Fsp3) is 0.538. The molecule has 0 spiro atoms. The zero-order valence-corrected chi connectivity index (χ0v) is 9.48. The van der Waals surface area contributed by atoms with Gasteiger partial charge in [-0.3, -0.25) is 0 Å². The summed E-state index contributed by atoms with van der Waals surface area (Å²) in [6.45, 7) is 0.968. The number of hydrogen-bond donors (Lipinski definition) is 1. The van der Waals surface area contributed by atoms with Crippen molar-refractivity contribution in [3.63, 3.8) is 0 Å². The molecule has 82 valence electrons. The third-order valence-electron chi connectivity index (χ3n) is 3.20. The minimum atomic E-state index is -0.280. The molecule has 0 bridgehead atoms. The molecule has 2 unspecified atom stereocenters. The van der Waals surface area contributed by atoms with E-state index in [4.69, 9.17) is 0 Å². The lowest BCUT2D eigenvalue weighted by Gasteiger charge is -2.31. The Labute approximate surface area is 91.5 Å². The van der Waals surface area contributed by atoms with E-state index in [1.807, 2.05) is 6.07 Å². The van der Waals surface area contributed by atoms with E-state index >= 15 is 0 Å². The lowest BCUT2D eigenvalue weighted by atomic mass is 9.81. The molecule has 0 radical (unpaired) electrons. The molecule has 1 aromatic rings. The first kappa shape index (κ1) is 10.7. The minimum absolute atomic E-state index is 0.280. The van der Waals surface area contributed by atoms with Crippen LogP contribution in [0, 0.1) is 5.92 Å². The van der Waals surface area contributed by atoms with E-state index in [0.29, 0.717) is 5.92 Å². The molecule has 1 aliphatic rings. The Hall–Kier alpha value is -0.860. The summed E-state index contributed by atoms with van der Waals surface area (Å²) in [5, 5.41) is 10.2. The van der Waals surface area contributed by atoms with Gasteiger partial charge >= 0.3 is 0 Å². The predicted molar refractivity (Wildman–Crippen MR) is 61.8 cm³/mol. The van der Waals surface area contributed by atoms with E-state index in [0.717, 1.165) is 24.9 Å². The molecular formula is C13H19NO. The second kappa shape index (κ2) is 4.33. The lowest BCUT2D eigenvalue weighted by Crippen LogP contribution is -2.30. The van der Waals surface area contributed by atoms with Gasteiger partial charge in [0.15, 0.2) is 0 Å². The van der Waals surface area contributed by atoms with E-state index < -0.39 is 0 Å². The predicted octanol–water partition coefficient (Wildman–Crippen LogP) is 1.84. The quantitative estimate of drug-likeness (QED) is 0.796. The summed E-state index contributed by atoms with van der Waals surface area (Å²) in [6.07, 6.45) is 1.92. The molecular weight excluding hydrogens is 186 g/mol. The molecule has 0 aliphatic heterocycles. The van der Waals surface area contributed by atoms with E-state index in [2.05, 4.69) is 37.2 Å². The Balaban J connectivity index is 2.18. The van der Waals surface area contributed by atoms with E-state index in [1.165, 1.54) is 5.56 Å². The normalized spacial score (nSPS) is 25.3. The average molecular weight is 205 g/mol. The molecule has 2 nitrogen and oxygen atoms in total. The van der Waals surface area contributed by atoms with Crippen molar-refractivity contribution in [2.75, 3.05) is 20.6 Å². The molecule has 0 fully saturated rings. The minimum Gasteiger partial charge on any atom is -0.388 e. The molecule has 1 N–H and O–H groups in total. The SMILES string of the molecule is CN(C)CC1CCc2ccccc2C1O. The highest BCUT2D eigenvalue weighted by Gasteiger charge is 2.27. The molecule has 1 aliphatic carbocycles. The highest BCUT2D eigenvalue weighted by Crippen LogP contribution is 2.34. The van der Waals surface area contributed by atoms with Crippen molar-refractivity contribution >= 4 is 0 Å². The van der Waals surface area contributed by atoms with Crippen LogP contribution < -0.4 is 0 Å². The lowest BCUT2D eigenvalue weighted by molar-refractivity contribution is 0.0768. The summed E-state index contributed by atoms with van der Waals surface area (Å²) < 4.78 is 0. The van der Waals surface area contributed by atoms with Crippen LogP contribution in [0.4, 0.5) is 0 Å². The number of aryl methyl sites for hydroxylation is 1. The largest absolute Gasteiger partial charge is 0.388 e. The summed E-state index contributed by atoms with van der Waals surface area (Å²) in [4.78, 5) is 2.15. The molecule has 0 amide bonds. The Kier molecular flexibility index (Phi) is 3.08. The Bertz CT molecular complexity index is 335. The van der Waals surface area contributed by atoms with Crippen LogP contribution in [0.3, 0.4) is 0 Å². The molecule has 0 saturated carbocycles. The zero-order chi connectivity index (χ0) is 10.8. The molecule has 1 aromatic carbocycles. The van der Waals surface area contributed by atoms with E-state index in [-0.39, 0.29) is 6.10 Å². The van der Waals surface area contributed by atoms with Gasteiger partial charge in [-0.05, 0) is 38.1 Å². The first-order chi connectivity index (χ1) is 7.18. The van der Waals surface area contributed by atoms with Gasteiger partial charge in [-0.25, -0.2) is 0 Å². The van der Waals surface area contributed by atoms with Crippen LogP contribution in [-0.2, 0) is 6.42 Å². The number of rotatable bonds is 2. The van der Waals surface area contributed by atoms with Crippen molar-refractivity contribution in [2.24, 2.45) is 5.92 Å². The van der Waals surface area contributed by atoms with Crippen LogP contribution in [0.2, 0.25) is 0 Å². The second-order valence-corrected chi connectivity index (χ2v) is 4.70. The van der Waals surface area contributed by atoms with Gasteiger partial charge in [-0.2, -0.15) is 0 Å². The highest BCUT2D eigenvalue weighted by atomic mass is 16.3. The van der Waals surface area contributed by atoms with Crippen LogP contribution >= 0.6 is 0 Å². The van der Waals surface area contributed by atoms with Gasteiger partial charge in [-0.1, -0.05) is 24.3 Å². The molecule has 15 heavy (non-hydrogen) atoms. The number of benzene rings is 1. The molecule has 0 saturated heterocycles. The fourth-order valence-electron chi connectivity index (χ4n) is 2.46. The number of aliphatic hydroxyl groups is 1. The van der Waals surface area contributed by atoms with E-state index in [1.54, 1.807) is 0 Å². The Morgan fingerprint density at radius 3 is 2.80 bits per heavy atom. The second-order valence-electron chi connectivity index (χ2n) is 4.70. The highest BCUT2D eigenvalue weighted by molar-refractivity contribution is 5.31. The summed E-state index contributed by atoms with van der Waals surface area (Å²) >= 11 is 0. The van der Waals surface area contributed by atoms with Crippen molar-refractivity contribution in [3.8, 4) is 0 Å². The molecule has 2 heteroatoms. The van der Waals surface area contributed by atoms with Crippen molar-refractivity contribution in [3.05, 3.63) is 35.4 Å². The molecule has 2 rings (SSSR count). The summed E-state index contributed by atoms with van der Waals surface area (Å²) in [5.74, 6) is 0.384. The van der Waals surface area contributed by atoms with Crippen molar-refractivity contribution in [1.29, 1.82) is 0 Å². The number of fused-ring (bicyclic) bond motifs is 1. The Morgan fingerprint density at radius 1 is 1.33 bits per heavy atom. The van der Waals surface area contributed by atoms with Gasteiger partial charge in [0, 0.05) is 12.5 Å². The maximum absolute atomic E-state index is 10.2. The van der Waals surface area contributed by atoms with Crippen LogP contribution in [0.1, 0.15) is 23.7 Å². The van der Waals surface area contributed by atoms with Crippen molar-refractivity contribution < 1.29 is 5.11 Å². The van der Waals surface area contributed by atoms with Crippen LogP contribution in [0.25, 0.3) is 0 Å². The standard InChI is InChI=1S/C13H19NO/c1-14(2)9-11-8-7-10-5-3-4-6-12(10)13(11)15/h3-6,11,13,15H,7-9H2,1-2H3. The van der Waals surface area contributed by atoms with Gasteiger partial charge in [0.25, 0.3) is 0 Å². The monoisotopic (exact) mass is 205 g/mol. The fourth-order valence-corrected chi connectivity index (χ4v) is 2.46. The maximum Gasteiger partial charge on any atom is 0.0833 e. The summed E-state index contributed by atoms with van der Waals surface area (Å²) in [5.41, 5.74) is 2.45. The van der Waals surface area contributed by atoms with Crippen molar-refractivity contribution in [1.82, 2.24) is 4.90 Å². The van der Waals surface area contributed by atoms with E-state index in [9.17, 15) is 5.11 Å². The summed E-state index contributed by atoms with van der Waals surface area (Å²) in [6, 6.07) is 8.25. The van der Waals surface area contributed by atoms with Crippen molar-refractivity contribution in [2.45, 2.75) is 18.9 Å². The van der Waals surface area contributed by atoms with Gasteiger partial charge in [0.2, 0.25) is 0 Å². The zero-order valence-electron chi connectivity index (χ0n) is 9.48. The molecule has 0 aromatic heterocycles. The third kappa shape index (κ3) is 2.21. The first-order valence-corrected chi connectivity index (χ1v) is 5.59. The average Bonchev–Trinajstić information content (AvgIpc) is 2.22. The van der Waals surface area contributed by atoms with Crippen LogP contribution in [0.5, 0.6) is 0 Å². The smallest absolute Gasteiger partial charge is 0.0833 e. The van der Waals surface area contributed by atoms with Crippen LogP contribution in [-0.4, -0.2) is 30.6 Å². The number of aliphatic hydroxyl groups excluding tert-OH is 1. The first-order valence-electron chi connectivity index (χ1n) is 5.59. The summed E-state index contributed by atoms with van der Waals surface area (Å²) in [7, 11) is 4.13. The molecule has 2 atom stereocenters. The van der Waals surface area contributed by atoms with Gasteiger partial charge in [0.1, 0.15) is 0 Å². The van der Waals surface area contributed by atoms with Gasteiger partial charge in [-0.15, -0.1) is 0 Å². The van der Waals surface area contributed by atoms with Gasteiger partial charge < -0.3 is 10.0 Å². The number of nitrogens with zero attached hydrogens (tertiary/aromatic N) is 1. The maximum atomic E-state index is 10.2. The molecule has 0 heterocycles. The Morgan fingerprint density at radius 2 is 2.07 bits per heavy atom. The van der Waals surface area contributed by atoms with Gasteiger partial charge in [0.05, 0.1) is 6.10 Å². The van der Waals surface area contributed by atoms with Crippen LogP contribution in [0.15, 0.2) is 24.3 Å². The topological polar surface area (TPSA) is 23.5 Å². The number of hydrogen-bond acceptors (Lipinski definition) is 2.